The number of hydrogen-bond donors (Lipinski definition) is 2. The molecule has 0 radical (unpaired) electrons. The molecule has 1 rings (SSSR count). The van der Waals surface area contributed by atoms with Crippen molar-refractivity contribution in [3.05, 3.63) is 35.4 Å². The zero-order chi connectivity index (χ0) is 14.1. The Hall–Kier alpha value is -1.00. The van der Waals surface area contributed by atoms with E-state index >= 15 is 0 Å². The zero-order valence-electron chi connectivity index (χ0n) is 11.7. The normalized spacial score (nSPS) is 12.3. The first-order valence-corrected chi connectivity index (χ1v) is 7.88. The van der Waals surface area contributed by atoms with Crippen LogP contribution < -0.4 is 5.32 Å². The van der Waals surface area contributed by atoms with Gasteiger partial charge in [0.05, 0.1) is 6.42 Å². The van der Waals surface area contributed by atoms with E-state index in [1.54, 1.807) is 0 Å². The predicted molar refractivity (Wildman–Crippen MR) is 81.7 cm³/mol. The fraction of sp³-hybridized carbons (Fsp3) is 0.533. The van der Waals surface area contributed by atoms with E-state index in [1.165, 1.54) is 5.75 Å². The minimum Gasteiger partial charge on any atom is -0.481 e. The molecule has 2 N–H and O–H groups in total. The van der Waals surface area contributed by atoms with Gasteiger partial charge in [-0.05, 0) is 36.0 Å². The van der Waals surface area contributed by atoms with Crippen LogP contribution in [0, 0.1) is 0 Å². The van der Waals surface area contributed by atoms with Crippen molar-refractivity contribution in [1.29, 1.82) is 0 Å². The Morgan fingerprint density at radius 3 is 2.68 bits per heavy atom. The van der Waals surface area contributed by atoms with Gasteiger partial charge in [0.15, 0.2) is 0 Å². The molecule has 0 aliphatic rings. The van der Waals surface area contributed by atoms with E-state index in [2.05, 4.69) is 19.2 Å². The summed E-state index contributed by atoms with van der Waals surface area (Å²) in [5.74, 6) is 1.55. The summed E-state index contributed by atoms with van der Waals surface area (Å²) in [5.41, 5.74) is 1.98. The molecule has 0 bridgehead atoms. The maximum Gasteiger partial charge on any atom is 0.307 e. The van der Waals surface area contributed by atoms with E-state index in [1.807, 2.05) is 36.0 Å². The van der Waals surface area contributed by atoms with Crippen LogP contribution in [0.15, 0.2) is 24.3 Å². The zero-order valence-corrected chi connectivity index (χ0v) is 12.5. The highest BCUT2D eigenvalue weighted by Crippen LogP contribution is 2.11. The summed E-state index contributed by atoms with van der Waals surface area (Å²) < 4.78 is 0. The average Bonchev–Trinajstić information content (AvgIpc) is 2.37. The molecule has 0 saturated carbocycles. The maximum atomic E-state index is 10.8. The summed E-state index contributed by atoms with van der Waals surface area (Å²) in [4.78, 5) is 10.8. The molecule has 0 aliphatic heterocycles. The number of nitrogens with one attached hydrogen (secondary N) is 1. The molecular weight excluding hydrogens is 258 g/mol. The molecule has 1 aromatic carbocycles. The summed E-state index contributed by atoms with van der Waals surface area (Å²) >= 11 is 1.95. The summed E-state index contributed by atoms with van der Waals surface area (Å²) in [6.45, 7) is 5.09. The van der Waals surface area contributed by atoms with Crippen molar-refractivity contribution in [2.45, 2.75) is 39.3 Å². The third-order valence-corrected chi connectivity index (χ3v) is 3.93. The summed E-state index contributed by atoms with van der Waals surface area (Å²) in [7, 11) is 0. The molecule has 4 heteroatoms. The van der Waals surface area contributed by atoms with Crippen molar-refractivity contribution in [3.8, 4) is 0 Å². The topological polar surface area (TPSA) is 49.3 Å². The predicted octanol–water partition coefficient (Wildman–Crippen LogP) is 2.94. The molecule has 3 nitrogen and oxygen atoms in total. The second kappa shape index (κ2) is 8.99. The SMILES string of the molecule is CCSCCC(C)NCc1ccccc1CC(=O)O. The molecule has 1 atom stereocenters. The van der Waals surface area contributed by atoms with Gasteiger partial charge in [-0.2, -0.15) is 11.8 Å². The molecule has 0 saturated heterocycles. The van der Waals surface area contributed by atoms with Gasteiger partial charge in [-0.1, -0.05) is 31.2 Å². The Kier molecular flexibility index (Phi) is 7.60. The third-order valence-electron chi connectivity index (χ3n) is 3.00. The Labute approximate surface area is 119 Å². The maximum absolute atomic E-state index is 10.8. The van der Waals surface area contributed by atoms with Crippen LogP contribution in [0.4, 0.5) is 0 Å². The minimum atomic E-state index is -0.778. The number of hydrogen-bond acceptors (Lipinski definition) is 3. The second-order valence-corrected chi connectivity index (χ2v) is 6.00. The van der Waals surface area contributed by atoms with E-state index in [0.717, 1.165) is 29.8 Å². The van der Waals surface area contributed by atoms with E-state index in [4.69, 9.17) is 5.11 Å². The molecule has 1 unspecified atom stereocenters. The van der Waals surface area contributed by atoms with Gasteiger partial charge < -0.3 is 10.4 Å². The fourth-order valence-corrected chi connectivity index (χ4v) is 2.66. The van der Waals surface area contributed by atoms with Crippen LogP contribution in [-0.4, -0.2) is 28.6 Å². The van der Waals surface area contributed by atoms with E-state index in [0.29, 0.717) is 6.04 Å². The van der Waals surface area contributed by atoms with Crippen LogP contribution in [-0.2, 0) is 17.8 Å². The Morgan fingerprint density at radius 1 is 1.37 bits per heavy atom. The summed E-state index contributed by atoms with van der Waals surface area (Å²) in [6, 6.07) is 8.20. The van der Waals surface area contributed by atoms with Crippen LogP contribution in [0.3, 0.4) is 0 Å². The summed E-state index contributed by atoms with van der Waals surface area (Å²) in [5, 5.41) is 12.4. The fourth-order valence-electron chi connectivity index (χ4n) is 1.86. The Morgan fingerprint density at radius 2 is 2.05 bits per heavy atom. The van der Waals surface area contributed by atoms with E-state index in [-0.39, 0.29) is 6.42 Å². The lowest BCUT2D eigenvalue weighted by molar-refractivity contribution is -0.136. The standard InChI is InChI=1S/C15H23NO2S/c1-3-19-9-8-12(2)16-11-14-7-5-4-6-13(14)10-15(17)18/h4-7,12,16H,3,8-11H2,1-2H3,(H,17,18). The minimum absolute atomic E-state index is 0.0952. The van der Waals surface area contributed by atoms with Gasteiger partial charge in [-0.3, -0.25) is 4.79 Å². The number of carboxylic acid groups (broad SMARTS) is 1. The van der Waals surface area contributed by atoms with Crippen LogP contribution in [0.25, 0.3) is 0 Å². The van der Waals surface area contributed by atoms with Gasteiger partial charge in [0, 0.05) is 12.6 Å². The van der Waals surface area contributed by atoms with Crippen molar-refractivity contribution in [2.24, 2.45) is 0 Å². The van der Waals surface area contributed by atoms with E-state index < -0.39 is 5.97 Å². The van der Waals surface area contributed by atoms with Crippen LogP contribution in [0.2, 0.25) is 0 Å². The lowest BCUT2D eigenvalue weighted by atomic mass is 10.0. The van der Waals surface area contributed by atoms with Crippen LogP contribution >= 0.6 is 11.8 Å². The second-order valence-electron chi connectivity index (χ2n) is 4.61. The van der Waals surface area contributed by atoms with Gasteiger partial charge >= 0.3 is 5.97 Å². The van der Waals surface area contributed by atoms with Crippen molar-refractivity contribution in [1.82, 2.24) is 5.32 Å². The van der Waals surface area contributed by atoms with Gasteiger partial charge in [0.1, 0.15) is 0 Å². The lowest BCUT2D eigenvalue weighted by Gasteiger charge is -2.15. The van der Waals surface area contributed by atoms with Crippen LogP contribution in [0.5, 0.6) is 0 Å². The first kappa shape index (κ1) is 16.1. The van der Waals surface area contributed by atoms with Gasteiger partial charge in [0.2, 0.25) is 0 Å². The number of benzene rings is 1. The number of rotatable bonds is 9. The molecule has 0 aromatic heterocycles. The first-order chi connectivity index (χ1) is 9.13. The monoisotopic (exact) mass is 281 g/mol. The highest BCUT2D eigenvalue weighted by molar-refractivity contribution is 7.99. The number of carbonyl (C=O) groups is 1. The molecule has 0 heterocycles. The quantitative estimate of drug-likeness (QED) is 0.683. The average molecular weight is 281 g/mol. The van der Waals surface area contributed by atoms with Crippen molar-refractivity contribution in [3.63, 3.8) is 0 Å². The molecule has 1 aromatic rings. The van der Waals surface area contributed by atoms with Gasteiger partial charge in [-0.25, -0.2) is 0 Å². The lowest BCUT2D eigenvalue weighted by Crippen LogP contribution is -2.26. The Balaban J connectivity index is 2.45. The van der Waals surface area contributed by atoms with Crippen molar-refractivity contribution < 1.29 is 9.90 Å². The molecule has 0 aliphatic carbocycles. The number of aliphatic carboxylic acids is 1. The highest BCUT2D eigenvalue weighted by Gasteiger charge is 2.07. The number of thioether (sulfide) groups is 1. The number of carboxylic acids is 1. The highest BCUT2D eigenvalue weighted by atomic mass is 32.2. The molecular formula is C15H23NO2S. The molecule has 0 spiro atoms. The van der Waals surface area contributed by atoms with Gasteiger partial charge in [-0.15, -0.1) is 0 Å². The van der Waals surface area contributed by atoms with E-state index in [9.17, 15) is 4.79 Å². The molecule has 0 fully saturated rings. The molecule has 106 valence electrons. The molecule has 0 amide bonds. The van der Waals surface area contributed by atoms with Crippen molar-refractivity contribution >= 4 is 17.7 Å². The molecule has 19 heavy (non-hydrogen) atoms. The smallest absolute Gasteiger partial charge is 0.307 e. The largest absolute Gasteiger partial charge is 0.481 e. The Bertz CT molecular complexity index is 395. The summed E-state index contributed by atoms with van der Waals surface area (Å²) in [6.07, 6.45) is 1.23. The van der Waals surface area contributed by atoms with Crippen molar-refractivity contribution in [2.75, 3.05) is 11.5 Å². The first-order valence-electron chi connectivity index (χ1n) is 6.73. The third kappa shape index (κ3) is 6.64. The van der Waals surface area contributed by atoms with Crippen LogP contribution in [0.1, 0.15) is 31.4 Å². The van der Waals surface area contributed by atoms with Gasteiger partial charge in [0.25, 0.3) is 0 Å².